The summed E-state index contributed by atoms with van der Waals surface area (Å²) in [6, 6.07) is 0. The molecule has 2 heteroatoms. The molecule has 2 nitrogen and oxygen atoms in total. The second-order valence-electron chi connectivity index (χ2n) is 6.38. The first-order valence-corrected chi connectivity index (χ1v) is 8.68. The summed E-state index contributed by atoms with van der Waals surface area (Å²) < 4.78 is 10.4. The third-order valence-corrected chi connectivity index (χ3v) is 4.36. The van der Waals surface area contributed by atoms with Gasteiger partial charge in [0.05, 0.1) is 25.4 Å². The van der Waals surface area contributed by atoms with E-state index in [0.717, 1.165) is 13.2 Å². The molecule has 2 atom stereocenters. The van der Waals surface area contributed by atoms with Crippen molar-refractivity contribution in [1.82, 2.24) is 0 Å². The fourth-order valence-electron chi connectivity index (χ4n) is 2.80. The quantitative estimate of drug-likeness (QED) is 0.332. The zero-order valence-electron chi connectivity index (χ0n) is 12.6. The molecule has 2 unspecified atom stereocenters. The smallest absolute Gasteiger partial charge is 0.0810 e. The Balaban J connectivity index is 1.18. The largest absolute Gasteiger partial charge is 0.373 e. The Labute approximate surface area is 119 Å². The highest BCUT2D eigenvalue weighted by Gasteiger charge is 2.21. The van der Waals surface area contributed by atoms with Crippen LogP contribution < -0.4 is 0 Å². The van der Waals surface area contributed by atoms with Gasteiger partial charge in [0, 0.05) is 0 Å². The number of ether oxygens (including phenoxy) is 2. The summed E-state index contributed by atoms with van der Waals surface area (Å²) in [4.78, 5) is 0. The lowest BCUT2D eigenvalue weighted by Gasteiger charge is -2.02. The molecule has 0 spiro atoms. The minimum atomic E-state index is 0.645. The lowest BCUT2D eigenvalue weighted by atomic mass is 10.0. The van der Waals surface area contributed by atoms with E-state index in [1.165, 1.54) is 83.5 Å². The molecule has 0 amide bonds. The topological polar surface area (TPSA) is 25.1 Å². The van der Waals surface area contributed by atoms with Crippen LogP contribution in [0, 0.1) is 0 Å². The van der Waals surface area contributed by atoms with Gasteiger partial charge in [-0.05, 0) is 12.8 Å². The van der Waals surface area contributed by atoms with E-state index in [2.05, 4.69) is 0 Å². The van der Waals surface area contributed by atoms with E-state index in [1.54, 1.807) is 0 Å². The van der Waals surface area contributed by atoms with Crippen molar-refractivity contribution >= 4 is 0 Å². The van der Waals surface area contributed by atoms with Crippen molar-refractivity contribution in [3.63, 3.8) is 0 Å². The SMILES string of the molecule is C(CCCCCCC1CO1)CCCCCCC1CO1. The summed E-state index contributed by atoms with van der Waals surface area (Å²) in [5, 5.41) is 0. The molecule has 2 rings (SSSR count). The van der Waals surface area contributed by atoms with Gasteiger partial charge in [-0.25, -0.2) is 0 Å². The lowest BCUT2D eigenvalue weighted by Crippen LogP contribution is -1.87. The van der Waals surface area contributed by atoms with Crippen LogP contribution in [0.15, 0.2) is 0 Å². The summed E-state index contributed by atoms with van der Waals surface area (Å²) in [7, 11) is 0. The van der Waals surface area contributed by atoms with Gasteiger partial charge in [-0.2, -0.15) is 0 Å². The van der Waals surface area contributed by atoms with Gasteiger partial charge in [0.25, 0.3) is 0 Å². The Hall–Kier alpha value is -0.0800. The third-order valence-electron chi connectivity index (χ3n) is 4.36. The van der Waals surface area contributed by atoms with E-state index in [-0.39, 0.29) is 0 Å². The molecule has 0 bridgehead atoms. The van der Waals surface area contributed by atoms with Gasteiger partial charge in [-0.15, -0.1) is 0 Å². The van der Waals surface area contributed by atoms with Crippen LogP contribution in [0.1, 0.15) is 83.5 Å². The molecule has 2 aliphatic heterocycles. The van der Waals surface area contributed by atoms with Crippen LogP contribution >= 0.6 is 0 Å². The van der Waals surface area contributed by atoms with Gasteiger partial charge in [0.15, 0.2) is 0 Å². The standard InChI is InChI=1S/C17H32O2/c1(2-4-6-8-10-12-16-14-18-16)3-5-7-9-11-13-17-15-19-17/h16-17H,1-15H2. The summed E-state index contributed by atoms with van der Waals surface area (Å²) >= 11 is 0. The number of hydrogen-bond donors (Lipinski definition) is 0. The highest BCUT2D eigenvalue weighted by Crippen LogP contribution is 2.19. The highest BCUT2D eigenvalue weighted by atomic mass is 16.6. The lowest BCUT2D eigenvalue weighted by molar-refractivity contribution is 0.386. The summed E-state index contributed by atoms with van der Waals surface area (Å²) in [5.41, 5.74) is 0. The van der Waals surface area contributed by atoms with Crippen LogP contribution in [-0.2, 0) is 9.47 Å². The van der Waals surface area contributed by atoms with E-state index >= 15 is 0 Å². The normalized spacial score (nSPS) is 24.6. The summed E-state index contributed by atoms with van der Waals surface area (Å²) in [6.45, 7) is 2.07. The first-order valence-electron chi connectivity index (χ1n) is 8.68. The molecule has 0 radical (unpaired) electrons. The van der Waals surface area contributed by atoms with Gasteiger partial charge >= 0.3 is 0 Å². The van der Waals surface area contributed by atoms with E-state index in [1.807, 2.05) is 0 Å². The molecule has 112 valence electrons. The fraction of sp³-hybridized carbons (Fsp3) is 1.00. The van der Waals surface area contributed by atoms with Gasteiger partial charge in [-0.3, -0.25) is 0 Å². The van der Waals surface area contributed by atoms with E-state index < -0.39 is 0 Å². The van der Waals surface area contributed by atoms with Crippen LogP contribution in [0.5, 0.6) is 0 Å². The molecular formula is C17H32O2. The second kappa shape index (κ2) is 9.77. The van der Waals surface area contributed by atoms with Crippen molar-refractivity contribution in [2.75, 3.05) is 13.2 Å². The zero-order valence-corrected chi connectivity index (χ0v) is 12.6. The molecule has 2 aliphatic rings. The average Bonchev–Trinajstić information content (AvgIpc) is 3.28. The predicted molar refractivity (Wildman–Crippen MR) is 79.5 cm³/mol. The first-order chi connectivity index (χ1) is 9.45. The first kappa shape index (κ1) is 15.3. The maximum atomic E-state index is 5.22. The van der Waals surface area contributed by atoms with Crippen molar-refractivity contribution in [3.8, 4) is 0 Å². The molecule has 0 saturated carbocycles. The molecule has 0 aromatic rings. The van der Waals surface area contributed by atoms with Crippen LogP contribution in [0.25, 0.3) is 0 Å². The predicted octanol–water partition coefficient (Wildman–Crippen LogP) is 4.86. The third kappa shape index (κ3) is 9.45. The molecule has 0 aliphatic carbocycles. The second-order valence-corrected chi connectivity index (χ2v) is 6.38. The molecule has 0 aromatic carbocycles. The number of hydrogen-bond acceptors (Lipinski definition) is 2. The Morgan fingerprint density at radius 3 is 1.00 bits per heavy atom. The molecular weight excluding hydrogens is 236 g/mol. The molecule has 2 fully saturated rings. The van der Waals surface area contributed by atoms with Crippen LogP contribution in [0.2, 0.25) is 0 Å². The molecule has 0 aromatic heterocycles. The summed E-state index contributed by atoms with van der Waals surface area (Å²) in [6.07, 6.45) is 19.7. The van der Waals surface area contributed by atoms with E-state index in [4.69, 9.17) is 9.47 Å². The number of epoxide rings is 2. The maximum absolute atomic E-state index is 5.22. The highest BCUT2D eigenvalue weighted by molar-refractivity contribution is 4.68. The van der Waals surface area contributed by atoms with Crippen LogP contribution in [0.4, 0.5) is 0 Å². The van der Waals surface area contributed by atoms with Crippen molar-refractivity contribution in [2.45, 2.75) is 95.7 Å². The Morgan fingerprint density at radius 1 is 0.474 bits per heavy atom. The van der Waals surface area contributed by atoms with Crippen LogP contribution in [-0.4, -0.2) is 25.4 Å². The Bertz CT molecular complexity index is 187. The van der Waals surface area contributed by atoms with Gasteiger partial charge in [0.2, 0.25) is 0 Å². The van der Waals surface area contributed by atoms with Crippen molar-refractivity contribution in [3.05, 3.63) is 0 Å². The van der Waals surface area contributed by atoms with E-state index in [0.29, 0.717) is 12.2 Å². The van der Waals surface area contributed by atoms with Gasteiger partial charge in [-0.1, -0.05) is 70.6 Å². The molecule has 19 heavy (non-hydrogen) atoms. The zero-order chi connectivity index (χ0) is 13.2. The molecule has 2 heterocycles. The van der Waals surface area contributed by atoms with Crippen molar-refractivity contribution < 1.29 is 9.47 Å². The minimum Gasteiger partial charge on any atom is -0.373 e. The molecule has 2 saturated heterocycles. The van der Waals surface area contributed by atoms with E-state index in [9.17, 15) is 0 Å². The molecule has 0 N–H and O–H groups in total. The minimum absolute atomic E-state index is 0.645. The number of unbranched alkanes of at least 4 members (excludes halogenated alkanes) is 10. The summed E-state index contributed by atoms with van der Waals surface area (Å²) in [5.74, 6) is 0. The average molecular weight is 268 g/mol. The van der Waals surface area contributed by atoms with Crippen LogP contribution in [0.3, 0.4) is 0 Å². The Morgan fingerprint density at radius 2 is 0.737 bits per heavy atom. The van der Waals surface area contributed by atoms with Crippen molar-refractivity contribution in [1.29, 1.82) is 0 Å². The van der Waals surface area contributed by atoms with Crippen molar-refractivity contribution in [2.24, 2.45) is 0 Å². The van der Waals surface area contributed by atoms with Gasteiger partial charge in [0.1, 0.15) is 0 Å². The fourth-order valence-corrected chi connectivity index (χ4v) is 2.80. The number of rotatable bonds is 14. The monoisotopic (exact) mass is 268 g/mol. The van der Waals surface area contributed by atoms with Gasteiger partial charge < -0.3 is 9.47 Å². The Kier molecular flexibility index (Phi) is 7.87. The maximum Gasteiger partial charge on any atom is 0.0810 e.